The maximum Gasteiger partial charge on any atom is 0.230 e. The van der Waals surface area contributed by atoms with Gasteiger partial charge in [-0.2, -0.15) is 0 Å². The molecule has 1 amide bonds. The molecule has 1 N–H and O–H groups in total. The minimum Gasteiger partial charge on any atom is -0.468 e. The first-order chi connectivity index (χ1) is 12.5. The maximum atomic E-state index is 12.2. The van der Waals surface area contributed by atoms with E-state index in [9.17, 15) is 4.79 Å². The highest BCUT2D eigenvalue weighted by Gasteiger charge is 2.19. The number of anilines is 2. The summed E-state index contributed by atoms with van der Waals surface area (Å²) in [6.07, 6.45) is 1.65. The minimum atomic E-state index is -0.152. The van der Waals surface area contributed by atoms with Crippen molar-refractivity contribution in [2.24, 2.45) is 0 Å². The van der Waals surface area contributed by atoms with E-state index in [-0.39, 0.29) is 11.9 Å². The van der Waals surface area contributed by atoms with Crippen LogP contribution in [0.1, 0.15) is 31.3 Å². The quantitative estimate of drug-likeness (QED) is 0.577. The Balaban J connectivity index is 1.75. The van der Waals surface area contributed by atoms with Crippen molar-refractivity contribution >= 4 is 51.3 Å². The number of halogens is 2. The van der Waals surface area contributed by atoms with Gasteiger partial charge in [0.25, 0.3) is 0 Å². The van der Waals surface area contributed by atoms with Gasteiger partial charge in [-0.05, 0) is 37.3 Å². The summed E-state index contributed by atoms with van der Waals surface area (Å²) in [5.41, 5.74) is 1.47. The van der Waals surface area contributed by atoms with E-state index in [1.165, 1.54) is 23.2 Å². The molecular weight excluding hydrogens is 393 g/mol. The predicted octanol–water partition coefficient (Wildman–Crippen LogP) is 5.58. The Hall–Kier alpha value is -1.86. The van der Waals surface area contributed by atoms with Crippen LogP contribution in [0.3, 0.4) is 0 Å². The third-order valence-corrected chi connectivity index (χ3v) is 5.38. The average Bonchev–Trinajstić information content (AvgIpc) is 3.28. The van der Waals surface area contributed by atoms with Gasteiger partial charge in [-0.3, -0.25) is 9.69 Å². The Kier molecular flexibility index (Phi) is 5.98. The number of nitrogens with zero attached hydrogens (tertiary/aromatic N) is 2. The molecule has 5 nitrogen and oxygen atoms in total. The second-order valence-corrected chi connectivity index (χ2v) is 7.34. The molecule has 2 aromatic heterocycles. The monoisotopic (exact) mass is 409 g/mol. The van der Waals surface area contributed by atoms with Crippen LogP contribution in [0.2, 0.25) is 10.0 Å². The van der Waals surface area contributed by atoms with E-state index in [0.29, 0.717) is 27.4 Å². The summed E-state index contributed by atoms with van der Waals surface area (Å²) >= 11 is 13.4. The van der Waals surface area contributed by atoms with Gasteiger partial charge in [0.05, 0.1) is 33.7 Å². The molecule has 26 heavy (non-hydrogen) atoms. The lowest BCUT2D eigenvalue weighted by molar-refractivity contribution is -0.115. The van der Waals surface area contributed by atoms with Crippen molar-refractivity contribution in [2.45, 2.75) is 26.4 Å². The Morgan fingerprint density at radius 1 is 1.35 bits per heavy atom. The molecule has 1 aromatic carbocycles. The van der Waals surface area contributed by atoms with E-state index < -0.39 is 0 Å². The number of nitrogens with one attached hydrogen (secondary N) is 1. The number of hydrogen-bond donors (Lipinski definition) is 1. The number of carbonyl (C=O) groups excluding carboxylic acids is 1. The zero-order valence-electron chi connectivity index (χ0n) is 14.2. The standard InChI is InChI=1S/C18H17Cl2N3O2S/c1-11(17-4-3-7-25-17)21-9-13-10-26-18(22-13)23(12(2)24)14-5-6-15(19)16(20)8-14/h3-8,10-11,21H,9H2,1-2H3/t11-/m1/s1. The Morgan fingerprint density at radius 2 is 2.15 bits per heavy atom. The van der Waals surface area contributed by atoms with Crippen LogP contribution in [-0.4, -0.2) is 10.9 Å². The van der Waals surface area contributed by atoms with Crippen LogP contribution in [-0.2, 0) is 11.3 Å². The molecule has 0 aliphatic rings. The molecule has 0 aliphatic carbocycles. The summed E-state index contributed by atoms with van der Waals surface area (Å²) in [4.78, 5) is 18.2. The number of thiazole rings is 1. The van der Waals surface area contributed by atoms with Crippen molar-refractivity contribution in [3.8, 4) is 0 Å². The average molecular weight is 410 g/mol. The van der Waals surface area contributed by atoms with E-state index >= 15 is 0 Å². The van der Waals surface area contributed by atoms with Gasteiger partial charge in [-0.25, -0.2) is 4.98 Å². The lowest BCUT2D eigenvalue weighted by atomic mass is 10.2. The predicted molar refractivity (Wildman–Crippen MR) is 105 cm³/mol. The number of amides is 1. The maximum absolute atomic E-state index is 12.2. The Bertz CT molecular complexity index is 896. The van der Waals surface area contributed by atoms with Gasteiger partial charge < -0.3 is 9.73 Å². The van der Waals surface area contributed by atoms with Crippen LogP contribution < -0.4 is 10.2 Å². The molecule has 8 heteroatoms. The second-order valence-electron chi connectivity index (χ2n) is 5.69. The van der Waals surface area contributed by atoms with Crippen LogP contribution in [0.5, 0.6) is 0 Å². The lowest BCUT2D eigenvalue weighted by Gasteiger charge is -2.18. The fraction of sp³-hybridized carbons (Fsp3) is 0.222. The van der Waals surface area contributed by atoms with Gasteiger partial charge in [0.2, 0.25) is 5.91 Å². The molecule has 0 saturated heterocycles. The third kappa shape index (κ3) is 4.27. The summed E-state index contributed by atoms with van der Waals surface area (Å²) in [6.45, 7) is 4.07. The molecule has 0 fully saturated rings. The molecule has 1 atom stereocenters. The SMILES string of the molecule is CC(=O)N(c1ccc(Cl)c(Cl)c1)c1nc(CN[C@H](C)c2ccco2)cs1. The topological polar surface area (TPSA) is 58.4 Å². The zero-order valence-corrected chi connectivity index (χ0v) is 16.5. The van der Waals surface area contributed by atoms with Crippen LogP contribution in [0.15, 0.2) is 46.4 Å². The number of hydrogen-bond acceptors (Lipinski definition) is 5. The number of benzene rings is 1. The van der Waals surface area contributed by atoms with Gasteiger partial charge in [-0.15, -0.1) is 11.3 Å². The number of aromatic nitrogens is 1. The van der Waals surface area contributed by atoms with Crippen LogP contribution in [0.25, 0.3) is 0 Å². The zero-order chi connectivity index (χ0) is 18.7. The molecule has 136 valence electrons. The summed E-state index contributed by atoms with van der Waals surface area (Å²) in [5.74, 6) is 0.711. The van der Waals surface area contributed by atoms with Crippen LogP contribution >= 0.6 is 34.5 Å². The molecule has 2 heterocycles. The number of furan rings is 1. The van der Waals surface area contributed by atoms with E-state index in [1.54, 1.807) is 24.5 Å². The summed E-state index contributed by atoms with van der Waals surface area (Å²) in [6, 6.07) is 8.91. The van der Waals surface area contributed by atoms with Crippen molar-refractivity contribution in [1.82, 2.24) is 10.3 Å². The Morgan fingerprint density at radius 3 is 2.81 bits per heavy atom. The Labute approximate surface area is 165 Å². The van der Waals surface area contributed by atoms with Crippen LogP contribution in [0, 0.1) is 0 Å². The smallest absolute Gasteiger partial charge is 0.230 e. The molecular formula is C18H17Cl2N3O2S. The van der Waals surface area contributed by atoms with Gasteiger partial charge in [-0.1, -0.05) is 23.2 Å². The highest BCUT2D eigenvalue weighted by Crippen LogP contribution is 2.33. The molecule has 0 aliphatic heterocycles. The fourth-order valence-electron chi connectivity index (χ4n) is 2.43. The molecule has 3 aromatic rings. The number of rotatable bonds is 6. The van der Waals surface area contributed by atoms with E-state index in [1.807, 2.05) is 24.4 Å². The lowest BCUT2D eigenvalue weighted by Crippen LogP contribution is -2.23. The first-order valence-electron chi connectivity index (χ1n) is 7.92. The highest BCUT2D eigenvalue weighted by molar-refractivity contribution is 7.14. The highest BCUT2D eigenvalue weighted by atomic mass is 35.5. The van der Waals surface area contributed by atoms with Crippen molar-refractivity contribution in [3.63, 3.8) is 0 Å². The second kappa shape index (κ2) is 8.22. The molecule has 0 spiro atoms. The van der Waals surface area contributed by atoms with Gasteiger partial charge in [0.1, 0.15) is 5.76 Å². The van der Waals surface area contributed by atoms with Gasteiger partial charge in [0, 0.05) is 18.8 Å². The molecule has 0 radical (unpaired) electrons. The minimum absolute atomic E-state index is 0.0640. The molecule has 0 saturated carbocycles. The van der Waals surface area contributed by atoms with Crippen molar-refractivity contribution in [3.05, 3.63) is 63.5 Å². The van der Waals surface area contributed by atoms with Crippen molar-refractivity contribution in [2.75, 3.05) is 4.90 Å². The van der Waals surface area contributed by atoms with Crippen molar-refractivity contribution in [1.29, 1.82) is 0 Å². The van der Waals surface area contributed by atoms with Crippen LogP contribution in [0.4, 0.5) is 10.8 Å². The van der Waals surface area contributed by atoms with Gasteiger partial charge in [0.15, 0.2) is 5.13 Å². The normalized spacial score (nSPS) is 12.2. The summed E-state index contributed by atoms with van der Waals surface area (Å²) in [5, 5.41) is 6.68. The van der Waals surface area contributed by atoms with Gasteiger partial charge >= 0.3 is 0 Å². The first-order valence-corrected chi connectivity index (χ1v) is 9.56. The first kappa shape index (κ1) is 18.9. The fourth-order valence-corrected chi connectivity index (χ4v) is 3.61. The molecule has 3 rings (SSSR count). The molecule has 0 unspecified atom stereocenters. The summed E-state index contributed by atoms with van der Waals surface area (Å²) in [7, 11) is 0. The largest absolute Gasteiger partial charge is 0.468 e. The van der Waals surface area contributed by atoms with E-state index in [0.717, 1.165) is 11.5 Å². The summed E-state index contributed by atoms with van der Waals surface area (Å²) < 4.78 is 5.38. The van der Waals surface area contributed by atoms with E-state index in [4.69, 9.17) is 27.6 Å². The van der Waals surface area contributed by atoms with Crippen molar-refractivity contribution < 1.29 is 9.21 Å². The van der Waals surface area contributed by atoms with E-state index in [2.05, 4.69) is 10.3 Å². The number of carbonyl (C=O) groups is 1. The molecule has 0 bridgehead atoms. The third-order valence-electron chi connectivity index (χ3n) is 3.77.